The highest BCUT2D eigenvalue weighted by Gasteiger charge is 2.39. The van der Waals surface area contributed by atoms with Gasteiger partial charge in [0.05, 0.1) is 13.2 Å². The van der Waals surface area contributed by atoms with Crippen molar-refractivity contribution < 1.29 is 19.1 Å². The summed E-state index contributed by atoms with van der Waals surface area (Å²) < 4.78 is 5.38. The number of piperidine rings is 1. The molecule has 7 nitrogen and oxygen atoms in total. The smallest absolute Gasteiger partial charge is 0.255 e. The largest absolute Gasteiger partial charge is 0.379 e. The normalized spacial score (nSPS) is 22.7. The van der Waals surface area contributed by atoms with Gasteiger partial charge in [-0.2, -0.15) is 0 Å². The first kappa shape index (κ1) is 20.4. The second kappa shape index (κ2) is 9.28. The Bertz CT molecular complexity index is 794. The Morgan fingerprint density at radius 2 is 1.97 bits per heavy atom. The quantitative estimate of drug-likeness (QED) is 0.413. The number of carbonyl (C=O) groups excluding carboxylic acids is 3. The van der Waals surface area contributed by atoms with Crippen molar-refractivity contribution in [2.75, 3.05) is 38.6 Å². The molecule has 8 heteroatoms. The van der Waals surface area contributed by atoms with Crippen LogP contribution in [-0.4, -0.2) is 72.2 Å². The fraction of sp³-hybridized carbons (Fsp3) is 0.571. The predicted octanol–water partition coefficient (Wildman–Crippen LogP) is 1.65. The van der Waals surface area contributed by atoms with E-state index in [9.17, 15) is 14.4 Å². The lowest BCUT2D eigenvalue weighted by atomic mass is 10.0. The Hall–Kier alpha value is -1.90. The van der Waals surface area contributed by atoms with Gasteiger partial charge in [0.1, 0.15) is 6.04 Å². The maximum atomic E-state index is 12.9. The maximum absolute atomic E-state index is 12.9. The van der Waals surface area contributed by atoms with Crippen LogP contribution in [0.5, 0.6) is 0 Å². The fourth-order valence-corrected chi connectivity index (χ4v) is 5.23. The minimum Gasteiger partial charge on any atom is -0.379 e. The molecular formula is C21H27N3O4S. The number of unbranched alkanes of at least 4 members (excludes halogenated alkanes) is 1. The molecule has 1 atom stereocenters. The number of morpholine rings is 1. The SMILES string of the molecule is O=C1CCC(N2Cc3c(SCCCCN4CCOCC4)cccc3C2=O)C(=O)N1. The number of ether oxygens (including phenoxy) is 1. The molecule has 3 aliphatic rings. The molecule has 3 heterocycles. The monoisotopic (exact) mass is 417 g/mol. The van der Waals surface area contributed by atoms with Crippen LogP contribution in [0.15, 0.2) is 23.1 Å². The van der Waals surface area contributed by atoms with E-state index in [1.807, 2.05) is 12.1 Å². The summed E-state index contributed by atoms with van der Waals surface area (Å²) in [5, 5.41) is 2.35. The summed E-state index contributed by atoms with van der Waals surface area (Å²) in [6.07, 6.45) is 2.95. The average molecular weight is 418 g/mol. The van der Waals surface area contributed by atoms with Crippen molar-refractivity contribution in [1.29, 1.82) is 0 Å². The number of thioether (sulfide) groups is 1. The van der Waals surface area contributed by atoms with Gasteiger partial charge in [-0.05, 0) is 49.3 Å². The Morgan fingerprint density at radius 3 is 2.76 bits per heavy atom. The van der Waals surface area contributed by atoms with E-state index in [0.717, 1.165) is 61.9 Å². The summed E-state index contributed by atoms with van der Waals surface area (Å²) in [4.78, 5) is 41.7. The highest BCUT2D eigenvalue weighted by atomic mass is 32.2. The molecule has 1 aromatic rings. The van der Waals surface area contributed by atoms with Crippen LogP contribution in [0.25, 0.3) is 0 Å². The molecule has 2 saturated heterocycles. The van der Waals surface area contributed by atoms with Crippen LogP contribution >= 0.6 is 11.8 Å². The van der Waals surface area contributed by atoms with E-state index in [1.54, 1.807) is 16.7 Å². The van der Waals surface area contributed by atoms with Crippen molar-refractivity contribution in [3.05, 3.63) is 29.3 Å². The second-order valence-corrected chi connectivity index (χ2v) is 8.83. The van der Waals surface area contributed by atoms with Gasteiger partial charge in [-0.3, -0.25) is 24.6 Å². The molecule has 0 aromatic heterocycles. The molecule has 1 unspecified atom stereocenters. The molecule has 4 rings (SSSR count). The van der Waals surface area contributed by atoms with Crippen LogP contribution < -0.4 is 5.32 Å². The summed E-state index contributed by atoms with van der Waals surface area (Å²) in [5.41, 5.74) is 1.70. The number of benzene rings is 1. The highest BCUT2D eigenvalue weighted by molar-refractivity contribution is 7.99. The van der Waals surface area contributed by atoms with Gasteiger partial charge >= 0.3 is 0 Å². The molecule has 156 valence electrons. The molecule has 2 fully saturated rings. The third-order valence-electron chi connectivity index (χ3n) is 5.77. The number of nitrogens with zero attached hydrogens (tertiary/aromatic N) is 2. The molecule has 3 amide bonds. The molecule has 0 spiro atoms. The number of hydrogen-bond donors (Lipinski definition) is 1. The van der Waals surface area contributed by atoms with Crippen LogP contribution in [0, 0.1) is 0 Å². The molecule has 1 aromatic carbocycles. The van der Waals surface area contributed by atoms with Gasteiger partial charge < -0.3 is 9.64 Å². The molecule has 29 heavy (non-hydrogen) atoms. The first-order valence-corrected chi connectivity index (χ1v) is 11.3. The summed E-state index contributed by atoms with van der Waals surface area (Å²) in [6.45, 7) is 5.27. The zero-order valence-electron chi connectivity index (χ0n) is 16.5. The Labute approximate surface area is 175 Å². The topological polar surface area (TPSA) is 79.0 Å². The Balaban J connectivity index is 1.32. The van der Waals surface area contributed by atoms with Crippen molar-refractivity contribution in [2.45, 2.75) is 43.2 Å². The summed E-state index contributed by atoms with van der Waals surface area (Å²) in [5.74, 6) is 0.278. The van der Waals surface area contributed by atoms with Crippen molar-refractivity contribution in [3.63, 3.8) is 0 Å². The van der Waals surface area contributed by atoms with Gasteiger partial charge in [0.2, 0.25) is 11.8 Å². The maximum Gasteiger partial charge on any atom is 0.255 e. The molecule has 0 radical (unpaired) electrons. The Kier molecular flexibility index (Phi) is 6.52. The lowest BCUT2D eigenvalue weighted by molar-refractivity contribution is -0.136. The number of nitrogens with one attached hydrogen (secondary N) is 1. The summed E-state index contributed by atoms with van der Waals surface area (Å²) in [7, 11) is 0. The minimum absolute atomic E-state index is 0.107. The van der Waals surface area contributed by atoms with E-state index in [0.29, 0.717) is 18.5 Å². The van der Waals surface area contributed by atoms with E-state index in [1.165, 1.54) is 0 Å². The van der Waals surface area contributed by atoms with Crippen molar-refractivity contribution in [3.8, 4) is 0 Å². The summed E-state index contributed by atoms with van der Waals surface area (Å²) >= 11 is 1.79. The molecule has 0 saturated carbocycles. The molecule has 0 bridgehead atoms. The lowest BCUT2D eigenvalue weighted by Gasteiger charge is -2.29. The van der Waals surface area contributed by atoms with Crippen molar-refractivity contribution in [2.24, 2.45) is 0 Å². The third-order valence-corrected chi connectivity index (χ3v) is 6.96. The van der Waals surface area contributed by atoms with Gasteiger partial charge in [0, 0.05) is 36.5 Å². The van der Waals surface area contributed by atoms with E-state index >= 15 is 0 Å². The summed E-state index contributed by atoms with van der Waals surface area (Å²) in [6, 6.07) is 5.26. The van der Waals surface area contributed by atoms with Gasteiger partial charge in [-0.1, -0.05) is 6.07 Å². The zero-order valence-corrected chi connectivity index (χ0v) is 17.3. The number of amides is 3. The zero-order chi connectivity index (χ0) is 20.2. The van der Waals surface area contributed by atoms with Crippen LogP contribution in [0.3, 0.4) is 0 Å². The van der Waals surface area contributed by atoms with Gasteiger partial charge in [-0.25, -0.2) is 0 Å². The number of rotatable bonds is 7. The van der Waals surface area contributed by atoms with Crippen LogP contribution in [-0.2, 0) is 20.9 Å². The second-order valence-electron chi connectivity index (χ2n) is 7.69. The molecule has 1 N–H and O–H groups in total. The first-order chi connectivity index (χ1) is 14.1. The lowest BCUT2D eigenvalue weighted by Crippen LogP contribution is -2.52. The van der Waals surface area contributed by atoms with E-state index in [4.69, 9.17) is 4.74 Å². The van der Waals surface area contributed by atoms with Gasteiger partial charge in [0.15, 0.2) is 0 Å². The van der Waals surface area contributed by atoms with Gasteiger partial charge in [-0.15, -0.1) is 11.8 Å². The fourth-order valence-electron chi connectivity index (χ4n) is 4.14. The van der Waals surface area contributed by atoms with E-state index in [2.05, 4.69) is 16.3 Å². The Morgan fingerprint density at radius 1 is 1.14 bits per heavy atom. The predicted molar refractivity (Wildman–Crippen MR) is 110 cm³/mol. The van der Waals surface area contributed by atoms with E-state index < -0.39 is 6.04 Å². The van der Waals surface area contributed by atoms with Crippen molar-refractivity contribution in [1.82, 2.24) is 15.1 Å². The number of carbonyl (C=O) groups is 3. The highest BCUT2D eigenvalue weighted by Crippen LogP contribution is 2.34. The van der Waals surface area contributed by atoms with Crippen LogP contribution in [0.1, 0.15) is 41.6 Å². The molecular weight excluding hydrogens is 390 g/mol. The number of imide groups is 1. The average Bonchev–Trinajstić information content (AvgIpc) is 3.06. The molecule has 0 aliphatic carbocycles. The minimum atomic E-state index is -0.557. The van der Waals surface area contributed by atoms with Crippen molar-refractivity contribution >= 4 is 29.5 Å². The van der Waals surface area contributed by atoms with Crippen LogP contribution in [0.4, 0.5) is 0 Å². The van der Waals surface area contributed by atoms with Crippen LogP contribution in [0.2, 0.25) is 0 Å². The third kappa shape index (κ3) is 4.65. The standard InChI is InChI=1S/C21H27N3O4S/c25-19-7-6-17(20(26)22-19)24-14-16-15(21(24)27)4-3-5-18(16)29-13-2-1-8-23-9-11-28-12-10-23/h3-5,17H,1-2,6-14H2,(H,22,25,26). The van der Waals surface area contributed by atoms with E-state index in [-0.39, 0.29) is 24.1 Å². The number of fused-ring (bicyclic) bond motifs is 1. The molecule has 3 aliphatic heterocycles. The van der Waals surface area contributed by atoms with Gasteiger partial charge in [0.25, 0.3) is 5.91 Å². The number of hydrogen-bond acceptors (Lipinski definition) is 6. The first-order valence-electron chi connectivity index (χ1n) is 10.3.